The van der Waals surface area contributed by atoms with Crippen LogP contribution in [0.5, 0.6) is 0 Å². The molecule has 2 rings (SSSR count). The van der Waals surface area contributed by atoms with Crippen molar-refractivity contribution in [1.82, 2.24) is 0 Å². The van der Waals surface area contributed by atoms with E-state index in [1.54, 1.807) is 18.2 Å². The highest BCUT2D eigenvalue weighted by Gasteiger charge is 2.37. The van der Waals surface area contributed by atoms with Crippen LogP contribution in [0.25, 0.3) is 0 Å². The van der Waals surface area contributed by atoms with Crippen LogP contribution in [0, 0.1) is 5.41 Å². The van der Waals surface area contributed by atoms with Gasteiger partial charge in [0.25, 0.3) is 0 Å². The zero-order valence-electron chi connectivity index (χ0n) is 11.4. The normalized spacial score (nSPS) is 18.4. The number of anilines is 1. The molecule has 0 unspecified atom stereocenters. The summed E-state index contributed by atoms with van der Waals surface area (Å²) in [7, 11) is 0. The molecule has 0 aromatic heterocycles. The molecule has 1 saturated carbocycles. The number of hydrogen-bond acceptors (Lipinski definition) is 2. The largest absolute Gasteiger partial charge is 0.329 e. The van der Waals surface area contributed by atoms with Gasteiger partial charge in [-0.3, -0.25) is 4.79 Å². The molecule has 0 heterocycles. The van der Waals surface area contributed by atoms with E-state index < -0.39 is 5.41 Å². The first-order chi connectivity index (χ1) is 9.59. The summed E-state index contributed by atoms with van der Waals surface area (Å²) in [5.41, 5.74) is 5.91. The average Bonchev–Trinajstić information content (AvgIpc) is 2.69. The average molecular weight is 315 g/mol. The molecule has 0 saturated heterocycles. The zero-order chi connectivity index (χ0) is 14.6. The van der Waals surface area contributed by atoms with E-state index in [1.165, 1.54) is 12.8 Å². The summed E-state index contributed by atoms with van der Waals surface area (Å²) in [5.74, 6) is -0.0584. The van der Waals surface area contributed by atoms with Gasteiger partial charge in [-0.2, -0.15) is 0 Å². The maximum absolute atomic E-state index is 12.7. The van der Waals surface area contributed by atoms with Crippen LogP contribution in [0.15, 0.2) is 18.2 Å². The Balaban J connectivity index is 2.21. The third-order valence-corrected chi connectivity index (χ3v) is 4.76. The Morgan fingerprint density at radius 3 is 2.20 bits per heavy atom. The second-order valence-corrected chi connectivity index (χ2v) is 6.26. The van der Waals surface area contributed by atoms with Gasteiger partial charge in [-0.05, 0) is 25.0 Å². The molecule has 1 amide bonds. The van der Waals surface area contributed by atoms with Gasteiger partial charge < -0.3 is 11.1 Å². The number of para-hydroxylation sites is 1. The van der Waals surface area contributed by atoms with E-state index >= 15 is 0 Å². The highest BCUT2D eigenvalue weighted by Crippen LogP contribution is 2.37. The number of carbonyl (C=O) groups excluding carboxylic acids is 1. The lowest BCUT2D eigenvalue weighted by atomic mass is 9.79. The van der Waals surface area contributed by atoms with Gasteiger partial charge in [0.15, 0.2) is 0 Å². The number of benzene rings is 1. The van der Waals surface area contributed by atoms with Gasteiger partial charge in [0.05, 0.1) is 21.1 Å². The Bertz CT molecular complexity index is 463. The van der Waals surface area contributed by atoms with Crippen LogP contribution in [-0.4, -0.2) is 12.5 Å². The quantitative estimate of drug-likeness (QED) is 0.820. The van der Waals surface area contributed by atoms with Gasteiger partial charge in [-0.25, -0.2) is 0 Å². The van der Waals surface area contributed by atoms with Gasteiger partial charge in [-0.1, -0.05) is 55.0 Å². The number of halogens is 2. The number of hydrogen-bond donors (Lipinski definition) is 2. The van der Waals surface area contributed by atoms with Crippen LogP contribution >= 0.6 is 23.2 Å². The Morgan fingerprint density at radius 2 is 1.70 bits per heavy atom. The standard InChI is InChI=1S/C15H20Cl2N2O/c16-11-6-5-7-12(17)13(11)19-14(20)15(10-18)8-3-1-2-4-9-15/h5-7H,1-4,8-10,18H2,(H,19,20). The van der Waals surface area contributed by atoms with E-state index in [4.69, 9.17) is 28.9 Å². The molecule has 5 heteroatoms. The minimum absolute atomic E-state index is 0.0584. The SMILES string of the molecule is NCC1(C(=O)Nc2c(Cl)cccc2Cl)CCCCCC1. The van der Waals surface area contributed by atoms with E-state index in [-0.39, 0.29) is 5.91 Å². The van der Waals surface area contributed by atoms with Crippen LogP contribution in [0.2, 0.25) is 10.0 Å². The number of rotatable bonds is 3. The first-order valence-electron chi connectivity index (χ1n) is 7.05. The van der Waals surface area contributed by atoms with Crippen LogP contribution in [0.4, 0.5) is 5.69 Å². The van der Waals surface area contributed by atoms with Crippen LogP contribution in [0.3, 0.4) is 0 Å². The van der Waals surface area contributed by atoms with Gasteiger partial charge in [0.2, 0.25) is 5.91 Å². The molecule has 0 radical (unpaired) electrons. The maximum atomic E-state index is 12.7. The van der Waals surface area contributed by atoms with Gasteiger partial charge in [0, 0.05) is 6.54 Å². The van der Waals surface area contributed by atoms with E-state index in [0.29, 0.717) is 22.3 Å². The molecule has 1 aromatic rings. The summed E-state index contributed by atoms with van der Waals surface area (Å²) in [5, 5.41) is 3.79. The number of amides is 1. The molecule has 0 spiro atoms. The van der Waals surface area contributed by atoms with Crippen molar-refractivity contribution in [3.05, 3.63) is 28.2 Å². The Morgan fingerprint density at radius 1 is 1.15 bits per heavy atom. The fourth-order valence-electron chi connectivity index (χ4n) is 2.79. The third kappa shape index (κ3) is 3.27. The minimum Gasteiger partial charge on any atom is -0.329 e. The Labute approximate surface area is 129 Å². The molecule has 110 valence electrons. The minimum atomic E-state index is -0.487. The molecule has 0 aliphatic heterocycles. The van der Waals surface area contributed by atoms with Crippen LogP contribution in [-0.2, 0) is 4.79 Å². The lowest BCUT2D eigenvalue weighted by molar-refractivity contribution is -0.125. The summed E-state index contributed by atoms with van der Waals surface area (Å²) >= 11 is 12.2. The molecule has 0 bridgehead atoms. The van der Waals surface area contributed by atoms with Gasteiger partial charge in [0.1, 0.15) is 0 Å². The molecule has 0 atom stereocenters. The first-order valence-corrected chi connectivity index (χ1v) is 7.80. The van der Waals surface area contributed by atoms with Crippen molar-refractivity contribution < 1.29 is 4.79 Å². The zero-order valence-corrected chi connectivity index (χ0v) is 12.9. The molecule has 1 aromatic carbocycles. The smallest absolute Gasteiger partial charge is 0.231 e. The fraction of sp³-hybridized carbons (Fsp3) is 0.533. The Hall–Kier alpha value is -0.770. The van der Waals surface area contributed by atoms with E-state index in [2.05, 4.69) is 5.32 Å². The molecule has 20 heavy (non-hydrogen) atoms. The first kappa shape index (κ1) is 15.6. The van der Waals surface area contributed by atoms with Crippen molar-refractivity contribution in [2.45, 2.75) is 38.5 Å². The third-order valence-electron chi connectivity index (χ3n) is 4.13. The van der Waals surface area contributed by atoms with Crippen molar-refractivity contribution in [2.24, 2.45) is 11.1 Å². The molecule has 1 aliphatic carbocycles. The van der Waals surface area contributed by atoms with Crippen molar-refractivity contribution in [3.63, 3.8) is 0 Å². The maximum Gasteiger partial charge on any atom is 0.231 e. The van der Waals surface area contributed by atoms with Crippen molar-refractivity contribution in [3.8, 4) is 0 Å². The predicted octanol–water partition coefficient (Wildman–Crippen LogP) is 4.23. The number of nitrogens with two attached hydrogens (primary N) is 1. The van der Waals surface area contributed by atoms with Crippen molar-refractivity contribution in [2.75, 3.05) is 11.9 Å². The van der Waals surface area contributed by atoms with Gasteiger partial charge >= 0.3 is 0 Å². The molecular weight excluding hydrogens is 295 g/mol. The van der Waals surface area contributed by atoms with E-state index in [1.807, 2.05) is 0 Å². The highest BCUT2D eigenvalue weighted by atomic mass is 35.5. The predicted molar refractivity (Wildman–Crippen MR) is 84.3 cm³/mol. The van der Waals surface area contributed by atoms with Crippen LogP contribution < -0.4 is 11.1 Å². The molecule has 3 nitrogen and oxygen atoms in total. The van der Waals surface area contributed by atoms with Gasteiger partial charge in [-0.15, -0.1) is 0 Å². The highest BCUT2D eigenvalue weighted by molar-refractivity contribution is 6.39. The lowest BCUT2D eigenvalue weighted by Gasteiger charge is -2.30. The van der Waals surface area contributed by atoms with Crippen LogP contribution in [0.1, 0.15) is 38.5 Å². The molecular formula is C15H20Cl2N2O. The van der Waals surface area contributed by atoms with E-state index in [0.717, 1.165) is 25.7 Å². The van der Waals surface area contributed by atoms with Crippen molar-refractivity contribution >= 4 is 34.8 Å². The summed E-state index contributed by atoms with van der Waals surface area (Å²) in [6.45, 7) is 0.362. The fourth-order valence-corrected chi connectivity index (χ4v) is 3.28. The lowest BCUT2D eigenvalue weighted by Crippen LogP contribution is -2.42. The van der Waals surface area contributed by atoms with E-state index in [9.17, 15) is 4.79 Å². The monoisotopic (exact) mass is 314 g/mol. The number of nitrogens with one attached hydrogen (secondary N) is 1. The molecule has 3 N–H and O–H groups in total. The number of carbonyl (C=O) groups is 1. The second kappa shape index (κ2) is 6.79. The Kier molecular flexibility index (Phi) is 5.30. The summed E-state index contributed by atoms with van der Waals surface area (Å²) in [6.07, 6.45) is 6.08. The topological polar surface area (TPSA) is 55.1 Å². The summed E-state index contributed by atoms with van der Waals surface area (Å²) in [6, 6.07) is 5.18. The molecule has 1 fully saturated rings. The second-order valence-electron chi connectivity index (χ2n) is 5.45. The summed E-state index contributed by atoms with van der Waals surface area (Å²) in [4.78, 5) is 12.7. The van der Waals surface area contributed by atoms with Crippen molar-refractivity contribution in [1.29, 1.82) is 0 Å². The molecule has 1 aliphatic rings. The summed E-state index contributed by atoms with van der Waals surface area (Å²) < 4.78 is 0.